The summed E-state index contributed by atoms with van der Waals surface area (Å²) in [5.41, 5.74) is 2.02. The van der Waals surface area contributed by atoms with Gasteiger partial charge in [-0.15, -0.1) is 0 Å². The molecular formula is C15H23N3O3. The molecule has 0 unspecified atom stereocenters. The molecule has 0 radical (unpaired) electrons. The van der Waals surface area contributed by atoms with Crippen molar-refractivity contribution in [1.82, 2.24) is 14.7 Å². The SMILES string of the molecule is COC(=O)[C@H]1CCCN(C(=O)CCn2nc(C)cc2C)C1. The second kappa shape index (κ2) is 6.74. The minimum absolute atomic E-state index is 0.0798. The fourth-order valence-electron chi connectivity index (χ4n) is 2.82. The van der Waals surface area contributed by atoms with Gasteiger partial charge in [-0.2, -0.15) is 5.10 Å². The number of carbonyl (C=O) groups excluding carboxylic acids is 2. The molecule has 1 aliphatic heterocycles. The van der Waals surface area contributed by atoms with Crippen molar-refractivity contribution in [2.75, 3.05) is 20.2 Å². The predicted molar refractivity (Wildman–Crippen MR) is 77.6 cm³/mol. The molecule has 1 fully saturated rings. The lowest BCUT2D eigenvalue weighted by molar-refractivity contribution is -0.149. The fourth-order valence-corrected chi connectivity index (χ4v) is 2.82. The number of ether oxygens (including phenoxy) is 1. The number of rotatable bonds is 4. The molecule has 2 heterocycles. The molecule has 1 amide bonds. The molecule has 1 aromatic heterocycles. The van der Waals surface area contributed by atoms with E-state index in [9.17, 15) is 9.59 Å². The Morgan fingerprint density at radius 2 is 2.19 bits per heavy atom. The summed E-state index contributed by atoms with van der Waals surface area (Å²) in [6, 6.07) is 2.00. The van der Waals surface area contributed by atoms with Gasteiger partial charge in [0.25, 0.3) is 0 Å². The third-order valence-corrected chi connectivity index (χ3v) is 3.95. The lowest BCUT2D eigenvalue weighted by atomic mass is 9.98. The maximum atomic E-state index is 12.3. The summed E-state index contributed by atoms with van der Waals surface area (Å²) in [5.74, 6) is -0.316. The Balaban J connectivity index is 1.88. The number of piperidine rings is 1. The van der Waals surface area contributed by atoms with Gasteiger partial charge in [-0.05, 0) is 32.8 Å². The fraction of sp³-hybridized carbons (Fsp3) is 0.667. The van der Waals surface area contributed by atoms with E-state index < -0.39 is 0 Å². The van der Waals surface area contributed by atoms with Crippen LogP contribution in [0, 0.1) is 19.8 Å². The van der Waals surface area contributed by atoms with E-state index in [-0.39, 0.29) is 17.8 Å². The van der Waals surface area contributed by atoms with E-state index in [1.807, 2.05) is 24.6 Å². The van der Waals surface area contributed by atoms with Gasteiger partial charge in [0.15, 0.2) is 0 Å². The average Bonchev–Trinajstić information content (AvgIpc) is 2.82. The van der Waals surface area contributed by atoms with E-state index in [0.29, 0.717) is 19.5 Å². The first kappa shape index (κ1) is 15.5. The molecule has 0 saturated carbocycles. The average molecular weight is 293 g/mol. The van der Waals surface area contributed by atoms with Gasteiger partial charge in [-0.1, -0.05) is 0 Å². The first-order valence-corrected chi connectivity index (χ1v) is 7.38. The Morgan fingerprint density at radius 3 is 2.81 bits per heavy atom. The Labute approximate surface area is 125 Å². The molecule has 6 heteroatoms. The topological polar surface area (TPSA) is 64.4 Å². The van der Waals surface area contributed by atoms with E-state index in [4.69, 9.17) is 4.74 Å². The van der Waals surface area contributed by atoms with Crippen LogP contribution in [0.25, 0.3) is 0 Å². The Kier molecular flexibility index (Phi) is 4.98. The van der Waals surface area contributed by atoms with Crippen LogP contribution >= 0.6 is 0 Å². The van der Waals surface area contributed by atoms with Gasteiger partial charge < -0.3 is 9.64 Å². The number of likely N-dealkylation sites (tertiary alicyclic amines) is 1. The van der Waals surface area contributed by atoms with Gasteiger partial charge in [0.2, 0.25) is 5.91 Å². The molecule has 21 heavy (non-hydrogen) atoms. The lowest BCUT2D eigenvalue weighted by Crippen LogP contribution is -2.42. The number of aromatic nitrogens is 2. The molecule has 2 rings (SSSR count). The summed E-state index contributed by atoms with van der Waals surface area (Å²) < 4.78 is 6.63. The van der Waals surface area contributed by atoms with Crippen LogP contribution in [0.15, 0.2) is 6.07 Å². The number of hydrogen-bond donors (Lipinski definition) is 0. The molecule has 116 valence electrons. The van der Waals surface area contributed by atoms with Crippen molar-refractivity contribution in [3.63, 3.8) is 0 Å². The van der Waals surface area contributed by atoms with Crippen LogP contribution in [0.2, 0.25) is 0 Å². The van der Waals surface area contributed by atoms with Crippen LogP contribution in [0.1, 0.15) is 30.7 Å². The van der Waals surface area contributed by atoms with Crippen LogP contribution in [0.5, 0.6) is 0 Å². The largest absolute Gasteiger partial charge is 0.469 e. The van der Waals surface area contributed by atoms with Crippen molar-refractivity contribution in [1.29, 1.82) is 0 Å². The van der Waals surface area contributed by atoms with Crippen molar-refractivity contribution < 1.29 is 14.3 Å². The summed E-state index contributed by atoms with van der Waals surface area (Å²) in [7, 11) is 1.39. The molecule has 0 spiro atoms. The highest BCUT2D eigenvalue weighted by Crippen LogP contribution is 2.18. The minimum atomic E-state index is -0.217. The Morgan fingerprint density at radius 1 is 1.43 bits per heavy atom. The second-order valence-electron chi connectivity index (χ2n) is 5.60. The molecule has 1 atom stereocenters. The maximum Gasteiger partial charge on any atom is 0.310 e. The van der Waals surface area contributed by atoms with Crippen molar-refractivity contribution >= 4 is 11.9 Å². The van der Waals surface area contributed by atoms with Crippen LogP contribution in [-0.2, 0) is 20.9 Å². The van der Waals surface area contributed by atoms with E-state index in [1.165, 1.54) is 7.11 Å². The molecule has 1 saturated heterocycles. The van der Waals surface area contributed by atoms with Gasteiger partial charge in [0.05, 0.1) is 18.7 Å². The van der Waals surface area contributed by atoms with Crippen molar-refractivity contribution in [2.45, 2.75) is 39.7 Å². The van der Waals surface area contributed by atoms with Gasteiger partial charge in [-0.3, -0.25) is 14.3 Å². The first-order chi connectivity index (χ1) is 10.0. The van der Waals surface area contributed by atoms with E-state index in [2.05, 4.69) is 5.10 Å². The number of carbonyl (C=O) groups is 2. The van der Waals surface area contributed by atoms with Crippen LogP contribution in [0.4, 0.5) is 0 Å². The van der Waals surface area contributed by atoms with Crippen molar-refractivity contribution in [2.24, 2.45) is 5.92 Å². The van der Waals surface area contributed by atoms with Gasteiger partial charge in [-0.25, -0.2) is 0 Å². The number of nitrogens with zero attached hydrogens (tertiary/aromatic N) is 3. The van der Waals surface area contributed by atoms with Crippen molar-refractivity contribution in [3.8, 4) is 0 Å². The van der Waals surface area contributed by atoms with Gasteiger partial charge in [0.1, 0.15) is 0 Å². The molecular weight excluding hydrogens is 270 g/mol. The van der Waals surface area contributed by atoms with Crippen LogP contribution in [0.3, 0.4) is 0 Å². The Bertz CT molecular complexity index is 524. The molecule has 0 bridgehead atoms. The normalized spacial score (nSPS) is 18.6. The maximum absolute atomic E-state index is 12.3. The molecule has 0 N–H and O–H groups in total. The predicted octanol–water partition coefficient (Wildman–Crippen LogP) is 1.30. The number of hydrogen-bond acceptors (Lipinski definition) is 4. The molecule has 0 aromatic carbocycles. The first-order valence-electron chi connectivity index (χ1n) is 7.38. The number of aryl methyl sites for hydroxylation is 3. The molecule has 6 nitrogen and oxygen atoms in total. The molecule has 1 aliphatic rings. The zero-order chi connectivity index (χ0) is 15.4. The highest BCUT2D eigenvalue weighted by Gasteiger charge is 2.28. The number of methoxy groups -OCH3 is 1. The van der Waals surface area contributed by atoms with E-state index in [0.717, 1.165) is 30.8 Å². The van der Waals surface area contributed by atoms with Gasteiger partial charge in [0, 0.05) is 31.7 Å². The van der Waals surface area contributed by atoms with Gasteiger partial charge >= 0.3 is 5.97 Å². The third-order valence-electron chi connectivity index (χ3n) is 3.95. The smallest absolute Gasteiger partial charge is 0.310 e. The monoisotopic (exact) mass is 293 g/mol. The quantitative estimate of drug-likeness (QED) is 0.785. The van der Waals surface area contributed by atoms with E-state index in [1.54, 1.807) is 4.90 Å². The second-order valence-corrected chi connectivity index (χ2v) is 5.60. The number of esters is 1. The standard InChI is InChI=1S/C15H23N3O3/c1-11-9-12(2)18(16-11)8-6-14(19)17-7-4-5-13(10-17)15(20)21-3/h9,13H,4-8,10H2,1-3H3/t13-/m0/s1. The third kappa shape index (κ3) is 3.83. The van der Waals surface area contributed by atoms with E-state index >= 15 is 0 Å². The number of amides is 1. The van der Waals surface area contributed by atoms with Crippen molar-refractivity contribution in [3.05, 3.63) is 17.5 Å². The lowest BCUT2D eigenvalue weighted by Gasteiger charge is -2.31. The zero-order valence-corrected chi connectivity index (χ0v) is 13.0. The Hall–Kier alpha value is -1.85. The summed E-state index contributed by atoms with van der Waals surface area (Å²) >= 11 is 0. The summed E-state index contributed by atoms with van der Waals surface area (Å²) in [4.78, 5) is 25.6. The molecule has 0 aliphatic carbocycles. The van der Waals surface area contributed by atoms with Crippen LogP contribution < -0.4 is 0 Å². The highest BCUT2D eigenvalue weighted by molar-refractivity contribution is 5.78. The minimum Gasteiger partial charge on any atom is -0.469 e. The summed E-state index contributed by atoms with van der Waals surface area (Å²) in [6.45, 7) is 5.71. The molecule has 1 aromatic rings. The summed E-state index contributed by atoms with van der Waals surface area (Å²) in [6.07, 6.45) is 2.06. The van der Waals surface area contributed by atoms with Crippen LogP contribution in [-0.4, -0.2) is 46.8 Å². The highest BCUT2D eigenvalue weighted by atomic mass is 16.5. The zero-order valence-electron chi connectivity index (χ0n) is 13.0. The summed E-state index contributed by atoms with van der Waals surface area (Å²) in [5, 5.41) is 4.36.